The van der Waals surface area contributed by atoms with Crippen LogP contribution in [0.25, 0.3) is 0 Å². The summed E-state index contributed by atoms with van der Waals surface area (Å²) in [6.07, 6.45) is 1.27. The highest BCUT2D eigenvalue weighted by Crippen LogP contribution is 2.15. The number of amides is 4. The number of nitrogens with one attached hydrogen (secondary N) is 1. The molecule has 9 nitrogen and oxygen atoms in total. The smallest absolute Gasteiger partial charge is 0.334 e. The maximum absolute atomic E-state index is 12.1. The lowest BCUT2D eigenvalue weighted by Gasteiger charge is -2.32. The number of hydrogen-bond acceptors (Lipinski definition) is 5. The third-order valence-electron chi connectivity index (χ3n) is 3.28. The summed E-state index contributed by atoms with van der Waals surface area (Å²) in [5.41, 5.74) is 0. The molecule has 118 valence electrons. The Labute approximate surface area is 125 Å². The van der Waals surface area contributed by atoms with Crippen molar-refractivity contribution in [2.45, 2.75) is 13.0 Å². The zero-order chi connectivity index (χ0) is 16.3. The van der Waals surface area contributed by atoms with Crippen molar-refractivity contribution in [3.8, 4) is 0 Å². The van der Waals surface area contributed by atoms with Crippen molar-refractivity contribution >= 4 is 23.8 Å². The number of carbonyl (C=O) groups excluding carboxylic acids is 3. The third kappa shape index (κ3) is 2.92. The van der Waals surface area contributed by atoms with Gasteiger partial charge >= 0.3 is 23.8 Å². The van der Waals surface area contributed by atoms with Crippen LogP contribution in [0.5, 0.6) is 0 Å². The second-order valence-corrected chi connectivity index (χ2v) is 4.58. The summed E-state index contributed by atoms with van der Waals surface area (Å²) >= 11 is 0. The molecular formula is C13H15N3O6. The van der Waals surface area contributed by atoms with Crippen molar-refractivity contribution in [2.75, 3.05) is 19.6 Å². The number of carboxylic acid groups (broad SMARTS) is 1. The molecule has 1 aliphatic heterocycles. The monoisotopic (exact) mass is 309 g/mol. The Morgan fingerprint density at radius 2 is 2.09 bits per heavy atom. The number of imide groups is 1. The minimum atomic E-state index is -1.44. The molecule has 0 saturated carbocycles. The second kappa shape index (κ2) is 6.29. The fourth-order valence-corrected chi connectivity index (χ4v) is 2.08. The van der Waals surface area contributed by atoms with Crippen LogP contribution in [0.3, 0.4) is 0 Å². The summed E-state index contributed by atoms with van der Waals surface area (Å²) < 4.78 is 4.95. The molecule has 1 unspecified atom stereocenters. The van der Waals surface area contributed by atoms with E-state index in [0.717, 1.165) is 0 Å². The Kier molecular flexibility index (Phi) is 4.44. The summed E-state index contributed by atoms with van der Waals surface area (Å²) in [5, 5.41) is 11.3. The van der Waals surface area contributed by atoms with Gasteiger partial charge in [0.15, 0.2) is 6.04 Å². The average molecular weight is 309 g/mol. The van der Waals surface area contributed by atoms with Crippen LogP contribution >= 0.6 is 0 Å². The molecule has 0 bridgehead atoms. The van der Waals surface area contributed by atoms with Crippen molar-refractivity contribution in [1.29, 1.82) is 0 Å². The maximum Gasteiger partial charge on any atom is 0.334 e. The number of hydrogen-bond donors (Lipinski definition) is 2. The number of piperazine rings is 1. The molecule has 0 aliphatic carbocycles. The van der Waals surface area contributed by atoms with Gasteiger partial charge in [-0.15, -0.1) is 0 Å². The Balaban J connectivity index is 2.10. The second-order valence-electron chi connectivity index (χ2n) is 4.58. The van der Waals surface area contributed by atoms with E-state index in [1.54, 1.807) is 6.92 Å². The van der Waals surface area contributed by atoms with Crippen LogP contribution in [-0.2, 0) is 14.4 Å². The van der Waals surface area contributed by atoms with Crippen LogP contribution in [0, 0.1) is 0 Å². The number of likely N-dealkylation sites (N-methyl/N-ethyl adjacent to an activating group) is 1. The Bertz CT molecular complexity index is 597. The zero-order valence-electron chi connectivity index (χ0n) is 11.8. The van der Waals surface area contributed by atoms with E-state index in [2.05, 4.69) is 5.32 Å². The first-order chi connectivity index (χ1) is 10.5. The minimum absolute atomic E-state index is 0.00867. The molecule has 2 N–H and O–H groups in total. The number of carbonyl (C=O) groups is 4. The first kappa shape index (κ1) is 15.5. The molecule has 0 radical (unpaired) electrons. The van der Waals surface area contributed by atoms with Gasteiger partial charge in [0.05, 0.1) is 6.26 Å². The Morgan fingerprint density at radius 1 is 1.36 bits per heavy atom. The van der Waals surface area contributed by atoms with Gasteiger partial charge < -0.3 is 19.7 Å². The molecule has 9 heteroatoms. The number of nitrogens with zero attached hydrogens (tertiary/aromatic N) is 2. The molecule has 4 amide bonds. The van der Waals surface area contributed by atoms with Gasteiger partial charge in [0.25, 0.3) is 0 Å². The molecule has 1 saturated heterocycles. The molecule has 0 aromatic carbocycles. The highest BCUT2D eigenvalue weighted by molar-refractivity contribution is 6.38. The molecule has 0 spiro atoms. The standard InChI is InChI=1S/C13H15N3O6/c1-2-15-5-6-16(11(18)10(15)17)13(21)14-9(12(19)20)8-4-3-7-22-8/h3-4,7,9H,2,5-6H2,1H3,(H,14,21)(H,19,20). The van der Waals surface area contributed by atoms with E-state index >= 15 is 0 Å². The normalized spacial score (nSPS) is 16.6. The predicted octanol–water partition coefficient (Wildman–Crippen LogP) is -0.194. The lowest BCUT2D eigenvalue weighted by molar-refractivity contribution is -0.153. The molecule has 2 rings (SSSR count). The molecule has 1 fully saturated rings. The lowest BCUT2D eigenvalue weighted by atomic mass is 10.2. The number of aliphatic carboxylic acids is 1. The third-order valence-corrected chi connectivity index (χ3v) is 3.28. The molecule has 1 aromatic heterocycles. The number of furan rings is 1. The molecule has 1 aliphatic rings. The van der Waals surface area contributed by atoms with Gasteiger partial charge in [0, 0.05) is 19.6 Å². The first-order valence-electron chi connectivity index (χ1n) is 6.63. The quantitative estimate of drug-likeness (QED) is 0.743. The fourth-order valence-electron chi connectivity index (χ4n) is 2.08. The van der Waals surface area contributed by atoms with Crippen LogP contribution in [-0.4, -0.2) is 58.4 Å². The summed E-state index contributed by atoms with van der Waals surface area (Å²) in [7, 11) is 0. The van der Waals surface area contributed by atoms with Crippen LogP contribution < -0.4 is 5.32 Å². The predicted molar refractivity (Wildman–Crippen MR) is 71.6 cm³/mol. The van der Waals surface area contributed by atoms with Gasteiger partial charge in [-0.2, -0.15) is 0 Å². The van der Waals surface area contributed by atoms with Gasteiger partial charge in [0.1, 0.15) is 5.76 Å². The van der Waals surface area contributed by atoms with Crippen molar-refractivity contribution < 1.29 is 28.7 Å². The van der Waals surface area contributed by atoms with E-state index in [-0.39, 0.29) is 18.8 Å². The SMILES string of the molecule is CCN1CCN(C(=O)NC(C(=O)O)c2ccco2)C(=O)C1=O. The van der Waals surface area contributed by atoms with Crippen molar-refractivity contribution in [2.24, 2.45) is 0 Å². The van der Waals surface area contributed by atoms with Gasteiger partial charge in [-0.25, -0.2) is 9.59 Å². The van der Waals surface area contributed by atoms with E-state index in [0.29, 0.717) is 11.4 Å². The largest absolute Gasteiger partial charge is 0.479 e. The minimum Gasteiger partial charge on any atom is -0.479 e. The number of urea groups is 1. The van der Waals surface area contributed by atoms with Crippen LogP contribution in [0.15, 0.2) is 22.8 Å². The molecule has 1 atom stereocenters. The van der Waals surface area contributed by atoms with Crippen molar-refractivity contribution in [1.82, 2.24) is 15.1 Å². The van der Waals surface area contributed by atoms with E-state index in [9.17, 15) is 19.2 Å². The van der Waals surface area contributed by atoms with E-state index in [4.69, 9.17) is 9.52 Å². The van der Waals surface area contributed by atoms with Crippen LogP contribution in [0.2, 0.25) is 0 Å². The van der Waals surface area contributed by atoms with E-state index in [1.807, 2.05) is 0 Å². The van der Waals surface area contributed by atoms with Gasteiger partial charge in [-0.05, 0) is 19.1 Å². The Hall–Kier alpha value is -2.84. The number of rotatable bonds is 4. The highest BCUT2D eigenvalue weighted by atomic mass is 16.4. The summed E-state index contributed by atoms with van der Waals surface area (Å²) in [4.78, 5) is 48.9. The maximum atomic E-state index is 12.1. The highest BCUT2D eigenvalue weighted by Gasteiger charge is 2.37. The van der Waals surface area contributed by atoms with Crippen LogP contribution in [0.1, 0.15) is 18.7 Å². The van der Waals surface area contributed by atoms with Crippen molar-refractivity contribution in [3.05, 3.63) is 24.2 Å². The van der Waals surface area contributed by atoms with Gasteiger partial charge in [0.2, 0.25) is 0 Å². The van der Waals surface area contributed by atoms with Gasteiger partial charge in [-0.3, -0.25) is 14.5 Å². The number of carboxylic acids is 1. The van der Waals surface area contributed by atoms with Crippen molar-refractivity contribution in [3.63, 3.8) is 0 Å². The summed E-state index contributed by atoms with van der Waals surface area (Å²) in [6.45, 7) is 2.31. The molecular weight excluding hydrogens is 294 g/mol. The fraction of sp³-hybridized carbons (Fsp3) is 0.385. The first-order valence-corrected chi connectivity index (χ1v) is 6.63. The lowest BCUT2D eigenvalue weighted by Crippen LogP contribution is -2.58. The summed E-state index contributed by atoms with van der Waals surface area (Å²) in [6, 6.07) is 0.486. The van der Waals surface area contributed by atoms with E-state index in [1.165, 1.54) is 23.3 Å². The van der Waals surface area contributed by atoms with E-state index < -0.39 is 29.9 Å². The van der Waals surface area contributed by atoms with Gasteiger partial charge in [-0.1, -0.05) is 0 Å². The molecule has 2 heterocycles. The van der Waals surface area contributed by atoms with Crippen LogP contribution in [0.4, 0.5) is 4.79 Å². The zero-order valence-corrected chi connectivity index (χ0v) is 11.8. The molecule has 1 aromatic rings. The average Bonchev–Trinajstić information content (AvgIpc) is 3.00. The Morgan fingerprint density at radius 3 is 2.64 bits per heavy atom. The summed E-state index contributed by atoms with van der Waals surface area (Å²) in [5.74, 6) is -3.08. The topological polar surface area (TPSA) is 120 Å². The molecule has 22 heavy (non-hydrogen) atoms.